The van der Waals surface area contributed by atoms with Crippen molar-refractivity contribution in [2.75, 3.05) is 6.54 Å². The number of nitrogens with one attached hydrogen (secondary N) is 1. The lowest BCUT2D eigenvalue weighted by Crippen LogP contribution is -2.31. The van der Waals surface area contributed by atoms with Gasteiger partial charge >= 0.3 is 0 Å². The number of rotatable bonds is 2. The van der Waals surface area contributed by atoms with E-state index in [0.29, 0.717) is 0 Å². The van der Waals surface area contributed by atoms with E-state index in [1.165, 1.54) is 16.7 Å². The summed E-state index contributed by atoms with van der Waals surface area (Å²) in [7, 11) is 0. The molecule has 1 heterocycles. The van der Waals surface area contributed by atoms with Crippen molar-refractivity contribution >= 4 is 0 Å². The van der Waals surface area contributed by atoms with Crippen LogP contribution < -0.4 is 5.32 Å². The average Bonchev–Trinajstić information content (AvgIpc) is 2.46. The Bertz CT molecular complexity index is 619. The van der Waals surface area contributed by atoms with Crippen LogP contribution in [-0.2, 0) is 6.42 Å². The van der Waals surface area contributed by atoms with Crippen LogP contribution >= 0.6 is 0 Å². The minimum atomic E-state index is -0.908. The van der Waals surface area contributed by atoms with Crippen LogP contribution in [0.5, 0.6) is 0 Å². The van der Waals surface area contributed by atoms with Gasteiger partial charge in [0.1, 0.15) is 6.17 Å². The highest BCUT2D eigenvalue weighted by Crippen LogP contribution is 2.31. The molecule has 20 heavy (non-hydrogen) atoms. The molecule has 0 aliphatic carbocycles. The quantitative estimate of drug-likeness (QED) is 0.859. The van der Waals surface area contributed by atoms with Crippen molar-refractivity contribution in [1.29, 1.82) is 0 Å². The third-order valence-corrected chi connectivity index (χ3v) is 4.17. The molecule has 0 saturated heterocycles. The summed E-state index contributed by atoms with van der Waals surface area (Å²) in [5.74, 6) is 0. The first kappa shape index (κ1) is 13.3. The standard InChI is InChI=1S/C18H20FN/c1-12-11-15(13(2)19)7-8-16(12)18-17-6-4-3-5-14(17)9-10-20-18/h3-8,11,13,18,20H,9-10H2,1-2H3. The van der Waals surface area contributed by atoms with Gasteiger partial charge in [-0.25, -0.2) is 4.39 Å². The van der Waals surface area contributed by atoms with Gasteiger partial charge < -0.3 is 5.32 Å². The fourth-order valence-electron chi connectivity index (χ4n) is 3.05. The van der Waals surface area contributed by atoms with Crippen molar-refractivity contribution in [3.63, 3.8) is 0 Å². The molecule has 1 aliphatic rings. The van der Waals surface area contributed by atoms with E-state index in [1.54, 1.807) is 6.92 Å². The van der Waals surface area contributed by atoms with Crippen molar-refractivity contribution in [2.45, 2.75) is 32.5 Å². The maximum atomic E-state index is 13.4. The number of hydrogen-bond donors (Lipinski definition) is 1. The Morgan fingerprint density at radius 2 is 1.95 bits per heavy atom. The predicted octanol–water partition coefficient (Wildman–Crippen LogP) is 4.26. The van der Waals surface area contributed by atoms with Gasteiger partial charge in [0.15, 0.2) is 0 Å². The van der Waals surface area contributed by atoms with E-state index >= 15 is 0 Å². The molecule has 104 valence electrons. The van der Waals surface area contributed by atoms with Gasteiger partial charge in [0.05, 0.1) is 6.04 Å². The zero-order valence-electron chi connectivity index (χ0n) is 12.0. The molecule has 1 nitrogen and oxygen atoms in total. The van der Waals surface area contributed by atoms with Gasteiger partial charge in [-0.15, -0.1) is 0 Å². The summed E-state index contributed by atoms with van der Waals surface area (Å²) in [6.45, 7) is 4.64. The summed E-state index contributed by atoms with van der Waals surface area (Å²) in [5.41, 5.74) is 5.93. The van der Waals surface area contributed by atoms with Gasteiger partial charge in [-0.2, -0.15) is 0 Å². The van der Waals surface area contributed by atoms with E-state index in [1.807, 2.05) is 12.1 Å². The molecule has 2 atom stereocenters. The Kier molecular flexibility index (Phi) is 3.58. The van der Waals surface area contributed by atoms with Gasteiger partial charge in [-0.1, -0.05) is 42.5 Å². The summed E-state index contributed by atoms with van der Waals surface area (Å²) in [5, 5.41) is 3.59. The molecule has 0 fully saturated rings. The summed E-state index contributed by atoms with van der Waals surface area (Å²) in [6.07, 6.45) is 0.167. The fraction of sp³-hybridized carbons (Fsp3) is 0.333. The molecule has 0 amide bonds. The van der Waals surface area contributed by atoms with Gasteiger partial charge in [0, 0.05) is 6.54 Å². The molecule has 2 heteroatoms. The van der Waals surface area contributed by atoms with E-state index in [9.17, 15) is 4.39 Å². The van der Waals surface area contributed by atoms with Crippen molar-refractivity contribution < 1.29 is 4.39 Å². The Labute approximate surface area is 119 Å². The Hall–Kier alpha value is -1.67. The number of fused-ring (bicyclic) bond motifs is 1. The van der Waals surface area contributed by atoms with E-state index in [0.717, 1.165) is 24.1 Å². The lowest BCUT2D eigenvalue weighted by Gasteiger charge is -2.28. The number of hydrogen-bond acceptors (Lipinski definition) is 1. The van der Waals surface area contributed by atoms with Crippen LogP contribution in [0.25, 0.3) is 0 Å². The minimum absolute atomic E-state index is 0.226. The van der Waals surface area contributed by atoms with Gasteiger partial charge in [-0.3, -0.25) is 0 Å². The zero-order valence-corrected chi connectivity index (χ0v) is 12.0. The molecular weight excluding hydrogens is 249 g/mol. The molecule has 2 aromatic rings. The van der Waals surface area contributed by atoms with Gasteiger partial charge in [-0.05, 0) is 48.1 Å². The summed E-state index contributed by atoms with van der Waals surface area (Å²) in [4.78, 5) is 0. The number of halogens is 1. The van der Waals surface area contributed by atoms with Crippen LogP contribution in [0.4, 0.5) is 4.39 Å². The molecule has 0 aromatic heterocycles. The maximum absolute atomic E-state index is 13.4. The van der Waals surface area contributed by atoms with Crippen molar-refractivity contribution in [3.8, 4) is 0 Å². The molecule has 1 aliphatic heterocycles. The van der Waals surface area contributed by atoms with Crippen LogP contribution in [-0.4, -0.2) is 6.54 Å². The normalized spacial score (nSPS) is 19.4. The monoisotopic (exact) mass is 269 g/mol. The molecule has 3 rings (SSSR count). The van der Waals surface area contributed by atoms with Crippen molar-refractivity contribution in [2.24, 2.45) is 0 Å². The largest absolute Gasteiger partial charge is 0.306 e. The van der Waals surface area contributed by atoms with Crippen LogP contribution in [0.1, 0.15) is 47.0 Å². The van der Waals surface area contributed by atoms with Crippen LogP contribution in [0.3, 0.4) is 0 Å². The highest BCUT2D eigenvalue weighted by molar-refractivity contribution is 5.43. The fourth-order valence-corrected chi connectivity index (χ4v) is 3.05. The highest BCUT2D eigenvalue weighted by atomic mass is 19.1. The first-order valence-corrected chi connectivity index (χ1v) is 7.22. The molecule has 0 saturated carbocycles. The van der Waals surface area contributed by atoms with Gasteiger partial charge in [0.25, 0.3) is 0 Å². The van der Waals surface area contributed by atoms with Crippen LogP contribution in [0.15, 0.2) is 42.5 Å². The molecular formula is C18H20FN. The first-order chi connectivity index (χ1) is 9.66. The third kappa shape index (κ3) is 2.36. The lowest BCUT2D eigenvalue weighted by molar-refractivity contribution is 0.374. The number of benzene rings is 2. The van der Waals surface area contributed by atoms with Gasteiger partial charge in [0.2, 0.25) is 0 Å². The summed E-state index contributed by atoms with van der Waals surface area (Å²) in [6, 6.07) is 14.8. The van der Waals surface area contributed by atoms with E-state index in [-0.39, 0.29) is 6.04 Å². The topological polar surface area (TPSA) is 12.0 Å². The zero-order chi connectivity index (χ0) is 14.1. The lowest BCUT2D eigenvalue weighted by atomic mass is 9.87. The second-order valence-electron chi connectivity index (χ2n) is 5.57. The Balaban J connectivity index is 2.02. The Morgan fingerprint density at radius 1 is 1.15 bits per heavy atom. The number of alkyl halides is 1. The molecule has 1 N–H and O–H groups in total. The van der Waals surface area contributed by atoms with E-state index in [4.69, 9.17) is 0 Å². The Morgan fingerprint density at radius 3 is 2.70 bits per heavy atom. The van der Waals surface area contributed by atoms with Crippen LogP contribution in [0, 0.1) is 6.92 Å². The molecule has 0 bridgehead atoms. The SMILES string of the molecule is Cc1cc(C(C)F)ccc1C1NCCc2ccccc21. The van der Waals surface area contributed by atoms with E-state index in [2.05, 4.69) is 42.6 Å². The van der Waals surface area contributed by atoms with Crippen molar-refractivity contribution in [1.82, 2.24) is 5.32 Å². The smallest absolute Gasteiger partial charge is 0.122 e. The summed E-state index contributed by atoms with van der Waals surface area (Å²) >= 11 is 0. The molecule has 2 unspecified atom stereocenters. The second kappa shape index (κ2) is 5.37. The van der Waals surface area contributed by atoms with Crippen LogP contribution in [0.2, 0.25) is 0 Å². The molecule has 0 spiro atoms. The third-order valence-electron chi connectivity index (χ3n) is 4.17. The first-order valence-electron chi connectivity index (χ1n) is 7.22. The second-order valence-corrected chi connectivity index (χ2v) is 5.57. The van der Waals surface area contributed by atoms with Crippen molar-refractivity contribution in [3.05, 3.63) is 70.3 Å². The highest BCUT2D eigenvalue weighted by Gasteiger charge is 2.22. The number of aryl methyl sites for hydroxylation is 1. The predicted molar refractivity (Wildman–Crippen MR) is 80.7 cm³/mol. The minimum Gasteiger partial charge on any atom is -0.306 e. The molecule has 2 aromatic carbocycles. The summed E-state index contributed by atoms with van der Waals surface area (Å²) < 4.78 is 13.4. The van der Waals surface area contributed by atoms with E-state index < -0.39 is 6.17 Å². The maximum Gasteiger partial charge on any atom is 0.122 e. The molecule has 0 radical (unpaired) electrons. The average molecular weight is 269 g/mol.